The van der Waals surface area contributed by atoms with Gasteiger partial charge in [-0.15, -0.1) is 11.3 Å². The van der Waals surface area contributed by atoms with Crippen LogP contribution in [0.1, 0.15) is 23.3 Å². The highest BCUT2D eigenvalue weighted by molar-refractivity contribution is 7.09. The molecule has 3 rings (SSSR count). The van der Waals surface area contributed by atoms with Crippen LogP contribution in [0.25, 0.3) is 0 Å². The highest BCUT2D eigenvalue weighted by Crippen LogP contribution is 2.34. The quantitative estimate of drug-likeness (QED) is 0.768. The van der Waals surface area contributed by atoms with Gasteiger partial charge in [0.15, 0.2) is 0 Å². The van der Waals surface area contributed by atoms with Crippen LogP contribution in [0.2, 0.25) is 0 Å². The fourth-order valence-corrected chi connectivity index (χ4v) is 3.86. The van der Waals surface area contributed by atoms with Crippen LogP contribution in [0.15, 0.2) is 41.8 Å². The Hall–Kier alpha value is -2.06. The molecule has 27 heavy (non-hydrogen) atoms. The van der Waals surface area contributed by atoms with Gasteiger partial charge in [0.25, 0.3) is 0 Å². The molecule has 0 aliphatic carbocycles. The summed E-state index contributed by atoms with van der Waals surface area (Å²) >= 11 is 1.60. The molecule has 2 aromatic rings. The van der Waals surface area contributed by atoms with Crippen LogP contribution >= 0.6 is 11.3 Å². The molecule has 1 aromatic carbocycles. The number of benzene rings is 1. The van der Waals surface area contributed by atoms with Crippen LogP contribution in [0, 0.1) is 0 Å². The van der Waals surface area contributed by atoms with E-state index in [-0.39, 0.29) is 11.7 Å². The fraction of sp³-hybridized carbons (Fsp3) is 0.421. The molecule has 0 unspecified atom stereocenters. The summed E-state index contributed by atoms with van der Waals surface area (Å²) < 4.78 is 45.0. The van der Waals surface area contributed by atoms with Gasteiger partial charge in [0.2, 0.25) is 0 Å². The lowest BCUT2D eigenvalue weighted by atomic mass is 10.1. The second-order valence-corrected chi connectivity index (χ2v) is 7.37. The van der Waals surface area contributed by atoms with Crippen LogP contribution in [0.3, 0.4) is 0 Å². The van der Waals surface area contributed by atoms with Crippen molar-refractivity contribution < 1.29 is 22.7 Å². The molecule has 1 fully saturated rings. The third kappa shape index (κ3) is 5.23. The zero-order valence-corrected chi connectivity index (χ0v) is 15.5. The second kappa shape index (κ2) is 8.75. The maximum absolute atomic E-state index is 13.2. The molecule has 1 aliphatic heterocycles. The number of carbonyl (C=O) groups excluding carboxylic acids is 1. The number of rotatable bonds is 5. The number of alkyl halides is 3. The van der Waals surface area contributed by atoms with E-state index in [1.54, 1.807) is 16.2 Å². The van der Waals surface area contributed by atoms with Crippen molar-refractivity contribution in [1.82, 2.24) is 4.90 Å². The molecule has 0 spiro atoms. The van der Waals surface area contributed by atoms with Gasteiger partial charge in [-0.2, -0.15) is 13.2 Å². The van der Waals surface area contributed by atoms with Crippen LogP contribution < -0.4 is 5.32 Å². The maximum Gasteiger partial charge on any atom is 0.418 e. The van der Waals surface area contributed by atoms with Gasteiger partial charge in [0.1, 0.15) is 0 Å². The summed E-state index contributed by atoms with van der Waals surface area (Å²) in [4.78, 5) is 15.6. The van der Waals surface area contributed by atoms with Crippen molar-refractivity contribution in [2.45, 2.75) is 31.5 Å². The number of thiophene rings is 1. The number of nitrogens with zero attached hydrogens (tertiary/aromatic N) is 1. The van der Waals surface area contributed by atoms with Crippen molar-refractivity contribution in [2.24, 2.45) is 0 Å². The molecule has 4 nitrogen and oxygen atoms in total. The number of urea groups is 1. The Bertz CT molecular complexity index is 744. The van der Waals surface area contributed by atoms with Crippen molar-refractivity contribution in [3.8, 4) is 0 Å². The summed E-state index contributed by atoms with van der Waals surface area (Å²) in [5, 5.41) is 4.44. The normalized spacial score (nSPS) is 15.5. The first kappa shape index (κ1) is 19.7. The van der Waals surface area contributed by atoms with Crippen molar-refractivity contribution in [2.75, 3.05) is 25.1 Å². The lowest BCUT2D eigenvalue weighted by molar-refractivity contribution is -0.136. The van der Waals surface area contributed by atoms with Crippen LogP contribution in [-0.2, 0) is 17.3 Å². The summed E-state index contributed by atoms with van der Waals surface area (Å²) in [6, 6.07) is 8.43. The Labute approximate surface area is 159 Å². The molecule has 146 valence electrons. The molecule has 1 N–H and O–H groups in total. The van der Waals surface area contributed by atoms with Gasteiger partial charge in [-0.1, -0.05) is 18.2 Å². The molecule has 0 bridgehead atoms. The Morgan fingerprint density at radius 1 is 1.19 bits per heavy atom. The third-order valence-electron chi connectivity index (χ3n) is 4.55. The number of hydrogen-bond donors (Lipinski definition) is 1. The molecular formula is C19H21F3N2O2S. The van der Waals surface area contributed by atoms with Gasteiger partial charge >= 0.3 is 12.2 Å². The SMILES string of the molecule is O=C(Nc1ccccc1C(F)(F)F)N(CCc1cccs1)C1CCOCC1. The van der Waals surface area contributed by atoms with Crippen LogP contribution in [0.5, 0.6) is 0 Å². The first-order valence-electron chi connectivity index (χ1n) is 8.79. The van der Waals surface area contributed by atoms with Gasteiger partial charge < -0.3 is 15.0 Å². The second-order valence-electron chi connectivity index (χ2n) is 6.34. The molecule has 0 saturated carbocycles. The number of halogens is 3. The third-order valence-corrected chi connectivity index (χ3v) is 5.48. The number of carbonyl (C=O) groups is 1. The fourth-order valence-electron chi connectivity index (χ4n) is 3.16. The largest absolute Gasteiger partial charge is 0.418 e. The molecule has 2 heterocycles. The van der Waals surface area contributed by atoms with Gasteiger partial charge in [-0.05, 0) is 42.8 Å². The first-order valence-corrected chi connectivity index (χ1v) is 9.67. The number of nitrogens with one attached hydrogen (secondary N) is 1. The van der Waals surface area contributed by atoms with E-state index in [4.69, 9.17) is 4.74 Å². The zero-order valence-electron chi connectivity index (χ0n) is 14.7. The molecular weight excluding hydrogens is 377 g/mol. The minimum absolute atomic E-state index is 0.0447. The number of hydrogen-bond acceptors (Lipinski definition) is 3. The first-order chi connectivity index (χ1) is 12.9. The standard InChI is InChI=1S/C19H21F3N2O2S/c20-19(21,22)16-5-1-2-6-17(16)23-18(25)24(14-8-11-26-12-9-14)10-7-15-4-3-13-27-15/h1-6,13-14H,7-12H2,(H,23,25). The minimum Gasteiger partial charge on any atom is -0.381 e. The minimum atomic E-state index is -4.52. The molecule has 2 amide bonds. The van der Waals surface area contributed by atoms with Crippen molar-refractivity contribution in [3.05, 3.63) is 52.2 Å². The van der Waals surface area contributed by atoms with Crippen molar-refractivity contribution >= 4 is 23.1 Å². The number of amides is 2. The van der Waals surface area contributed by atoms with Crippen LogP contribution in [0.4, 0.5) is 23.7 Å². The van der Waals surface area contributed by atoms with Gasteiger partial charge in [0.05, 0.1) is 11.3 Å². The molecule has 1 aromatic heterocycles. The predicted octanol–water partition coefficient (Wildman–Crippen LogP) is 5.02. The molecule has 8 heteroatoms. The summed E-state index contributed by atoms with van der Waals surface area (Å²) in [5.74, 6) is 0. The maximum atomic E-state index is 13.2. The lowest BCUT2D eigenvalue weighted by Gasteiger charge is -2.34. The van der Waals surface area contributed by atoms with Gasteiger partial charge in [-0.3, -0.25) is 0 Å². The van der Waals surface area contributed by atoms with E-state index in [1.807, 2.05) is 17.5 Å². The van der Waals surface area contributed by atoms with Crippen molar-refractivity contribution in [3.63, 3.8) is 0 Å². The highest BCUT2D eigenvalue weighted by Gasteiger charge is 2.34. The Kier molecular flexibility index (Phi) is 6.38. The molecule has 1 aliphatic rings. The number of ether oxygens (including phenoxy) is 1. The van der Waals surface area contributed by atoms with E-state index in [0.29, 0.717) is 39.0 Å². The molecule has 0 radical (unpaired) electrons. The Morgan fingerprint density at radius 3 is 2.59 bits per heavy atom. The molecule has 0 atom stereocenters. The summed E-state index contributed by atoms with van der Waals surface area (Å²) in [6.45, 7) is 1.55. The summed E-state index contributed by atoms with van der Waals surface area (Å²) in [5.41, 5.74) is -1.06. The smallest absolute Gasteiger partial charge is 0.381 e. The van der Waals surface area contributed by atoms with E-state index in [2.05, 4.69) is 5.32 Å². The van der Waals surface area contributed by atoms with Gasteiger partial charge in [0, 0.05) is 30.7 Å². The average molecular weight is 398 g/mol. The van der Waals surface area contributed by atoms with Crippen LogP contribution in [-0.4, -0.2) is 36.7 Å². The van der Waals surface area contributed by atoms with E-state index in [1.165, 1.54) is 18.2 Å². The molecule has 1 saturated heterocycles. The summed E-state index contributed by atoms with van der Waals surface area (Å²) in [7, 11) is 0. The monoisotopic (exact) mass is 398 g/mol. The van der Waals surface area contributed by atoms with E-state index < -0.39 is 17.8 Å². The Morgan fingerprint density at radius 2 is 1.93 bits per heavy atom. The highest BCUT2D eigenvalue weighted by atomic mass is 32.1. The van der Waals surface area contributed by atoms with Crippen molar-refractivity contribution in [1.29, 1.82) is 0 Å². The van der Waals surface area contributed by atoms with Gasteiger partial charge in [-0.25, -0.2) is 4.79 Å². The lowest BCUT2D eigenvalue weighted by Crippen LogP contribution is -2.46. The average Bonchev–Trinajstić information content (AvgIpc) is 3.16. The summed E-state index contributed by atoms with van der Waals surface area (Å²) in [6.07, 6.45) is -2.49. The zero-order chi connectivity index (χ0) is 19.3. The number of anilines is 1. The predicted molar refractivity (Wildman–Crippen MR) is 99.0 cm³/mol. The topological polar surface area (TPSA) is 41.6 Å². The Balaban J connectivity index is 1.76. The number of para-hydroxylation sites is 1. The van der Waals surface area contributed by atoms with E-state index in [0.717, 1.165) is 10.9 Å². The van der Waals surface area contributed by atoms with E-state index in [9.17, 15) is 18.0 Å². The van der Waals surface area contributed by atoms with E-state index >= 15 is 0 Å².